The van der Waals surface area contributed by atoms with Crippen LogP contribution in [0.15, 0.2) is 0 Å². The molecule has 1 rings (SSSR count). The van der Waals surface area contributed by atoms with Crippen molar-refractivity contribution in [2.24, 2.45) is 0 Å². The van der Waals surface area contributed by atoms with E-state index in [1.54, 1.807) is 0 Å². The Morgan fingerprint density at radius 3 is 1.04 bits per heavy atom. The Balaban J connectivity index is 2.16. The van der Waals surface area contributed by atoms with Crippen LogP contribution in [0.3, 0.4) is 0 Å². The molecule has 68 heavy (non-hydrogen) atoms. The van der Waals surface area contributed by atoms with Crippen LogP contribution in [0.2, 0.25) is 0 Å². The zero-order valence-electron chi connectivity index (χ0n) is 45.2. The van der Waals surface area contributed by atoms with E-state index < -0.39 is 49.5 Å². The van der Waals surface area contributed by atoms with Crippen molar-refractivity contribution in [2.75, 3.05) is 13.2 Å². The van der Waals surface area contributed by atoms with Crippen LogP contribution < -0.4 is 5.32 Å². The molecule has 0 aromatic rings. The minimum Gasteiger partial charge on any atom is -0.394 e. The van der Waals surface area contributed by atoms with Crippen molar-refractivity contribution in [3.05, 3.63) is 0 Å². The monoisotopic (exact) mass is 968 g/mol. The molecular formula is C59H117NO8. The number of ether oxygens (including phenoxy) is 2. The lowest BCUT2D eigenvalue weighted by atomic mass is 9.99. The number of carbonyl (C=O) groups is 1. The fourth-order valence-corrected chi connectivity index (χ4v) is 10.2. The molecule has 406 valence electrons. The highest BCUT2D eigenvalue weighted by Crippen LogP contribution is 2.24. The van der Waals surface area contributed by atoms with Crippen LogP contribution in [-0.4, -0.2) is 87.5 Å². The Morgan fingerprint density at radius 2 is 0.735 bits per heavy atom. The molecule has 1 saturated heterocycles. The van der Waals surface area contributed by atoms with Crippen molar-refractivity contribution in [3.8, 4) is 0 Å². The van der Waals surface area contributed by atoms with Gasteiger partial charge < -0.3 is 40.3 Å². The molecule has 1 aliphatic heterocycles. The van der Waals surface area contributed by atoms with E-state index in [0.717, 1.165) is 38.5 Å². The van der Waals surface area contributed by atoms with Crippen molar-refractivity contribution >= 4 is 5.91 Å². The molecule has 0 spiro atoms. The fraction of sp³-hybridized carbons (Fsp3) is 0.983. The third kappa shape index (κ3) is 38.8. The number of amides is 1. The first-order valence-electron chi connectivity index (χ1n) is 30.2. The highest BCUT2D eigenvalue weighted by atomic mass is 16.7. The molecule has 0 aromatic carbocycles. The van der Waals surface area contributed by atoms with Gasteiger partial charge in [-0.25, -0.2) is 0 Å². The fourth-order valence-electron chi connectivity index (χ4n) is 10.2. The van der Waals surface area contributed by atoms with Crippen LogP contribution in [0.1, 0.15) is 316 Å². The van der Waals surface area contributed by atoms with E-state index in [9.17, 15) is 30.3 Å². The predicted octanol–water partition coefficient (Wildman–Crippen LogP) is 15.0. The summed E-state index contributed by atoms with van der Waals surface area (Å²) in [6.07, 6.45) is 52.8. The maximum atomic E-state index is 13.1. The molecule has 1 fully saturated rings. The first-order chi connectivity index (χ1) is 33.3. The molecule has 0 saturated carbocycles. The second-order valence-corrected chi connectivity index (χ2v) is 21.5. The number of hydrogen-bond donors (Lipinski definition) is 6. The number of rotatable bonds is 53. The standard InChI is InChI=1S/C59H117NO8/c1-3-5-7-9-11-13-15-17-19-21-23-24-25-26-27-28-29-31-32-34-36-38-40-42-44-46-48-53(62)52(51-67-59-58(66)57(65)56(64)54(50-61)68-59)60-55(63)49-47-45-43-41-39-37-35-33-30-22-20-18-16-14-12-10-8-6-4-2/h52-54,56-59,61-62,64-66H,3-51H2,1-2H3,(H,60,63). The van der Waals surface area contributed by atoms with Crippen LogP contribution in [0, 0.1) is 0 Å². The Bertz CT molecular complexity index is 1030. The lowest BCUT2D eigenvalue weighted by molar-refractivity contribution is -0.302. The molecule has 0 aromatic heterocycles. The summed E-state index contributed by atoms with van der Waals surface area (Å²) >= 11 is 0. The van der Waals surface area contributed by atoms with Crippen LogP contribution >= 0.6 is 0 Å². The normalized spacial score (nSPS) is 19.4. The van der Waals surface area contributed by atoms with Crippen molar-refractivity contribution < 1.29 is 39.8 Å². The van der Waals surface area contributed by atoms with Gasteiger partial charge in [0.05, 0.1) is 25.4 Å². The zero-order valence-corrected chi connectivity index (χ0v) is 45.2. The number of nitrogens with one attached hydrogen (secondary N) is 1. The quantitative estimate of drug-likeness (QED) is 0.0330. The third-order valence-electron chi connectivity index (χ3n) is 15.0. The predicted molar refractivity (Wildman–Crippen MR) is 286 cm³/mol. The molecule has 7 atom stereocenters. The van der Waals surface area contributed by atoms with Gasteiger partial charge in [-0.2, -0.15) is 0 Å². The average Bonchev–Trinajstić information content (AvgIpc) is 3.34. The van der Waals surface area contributed by atoms with E-state index in [1.165, 1.54) is 250 Å². The molecule has 9 heteroatoms. The molecule has 7 unspecified atom stereocenters. The van der Waals surface area contributed by atoms with Gasteiger partial charge in [0.2, 0.25) is 5.91 Å². The van der Waals surface area contributed by atoms with Crippen LogP contribution in [0.5, 0.6) is 0 Å². The van der Waals surface area contributed by atoms with E-state index in [4.69, 9.17) is 9.47 Å². The molecule has 0 bridgehead atoms. The van der Waals surface area contributed by atoms with Gasteiger partial charge in [-0.15, -0.1) is 0 Å². The number of hydrogen-bond acceptors (Lipinski definition) is 8. The molecule has 1 heterocycles. The molecular weight excluding hydrogens is 851 g/mol. The first-order valence-corrected chi connectivity index (χ1v) is 30.2. The van der Waals surface area contributed by atoms with Crippen molar-refractivity contribution in [2.45, 2.75) is 358 Å². The van der Waals surface area contributed by atoms with E-state index in [0.29, 0.717) is 12.8 Å². The molecule has 0 aliphatic carbocycles. The summed E-state index contributed by atoms with van der Waals surface area (Å²) in [7, 11) is 0. The summed E-state index contributed by atoms with van der Waals surface area (Å²) in [5.74, 6) is -0.136. The average molecular weight is 969 g/mol. The highest BCUT2D eigenvalue weighted by molar-refractivity contribution is 5.76. The van der Waals surface area contributed by atoms with Gasteiger partial charge in [-0.05, 0) is 12.8 Å². The minimum atomic E-state index is -1.55. The number of aliphatic hydroxyl groups is 5. The molecule has 1 amide bonds. The molecule has 0 radical (unpaired) electrons. The van der Waals surface area contributed by atoms with Gasteiger partial charge >= 0.3 is 0 Å². The van der Waals surface area contributed by atoms with Crippen molar-refractivity contribution in [3.63, 3.8) is 0 Å². The van der Waals surface area contributed by atoms with Crippen molar-refractivity contribution in [1.82, 2.24) is 5.32 Å². The molecule has 9 nitrogen and oxygen atoms in total. The van der Waals surface area contributed by atoms with Gasteiger partial charge in [0.15, 0.2) is 6.29 Å². The number of carbonyl (C=O) groups excluding carboxylic acids is 1. The first kappa shape index (κ1) is 65.2. The third-order valence-corrected chi connectivity index (χ3v) is 15.0. The summed E-state index contributed by atoms with van der Waals surface area (Å²) in [4.78, 5) is 13.1. The lowest BCUT2D eigenvalue weighted by Crippen LogP contribution is -2.60. The second kappa shape index (κ2) is 49.8. The number of unbranched alkanes of at least 4 members (excludes halogenated alkanes) is 43. The van der Waals surface area contributed by atoms with Crippen LogP contribution in [0.4, 0.5) is 0 Å². The topological polar surface area (TPSA) is 149 Å². The Morgan fingerprint density at radius 1 is 0.441 bits per heavy atom. The van der Waals surface area contributed by atoms with E-state index >= 15 is 0 Å². The Labute approximate surface area is 421 Å². The second-order valence-electron chi connectivity index (χ2n) is 21.5. The SMILES string of the molecule is CCCCCCCCCCCCCCCCCCCCCCCCCCCCC(O)C(COC1OC(CO)C(O)C(O)C1O)NC(=O)CCCCCCCCCCCCCCCCCCCCC. The van der Waals surface area contributed by atoms with Gasteiger partial charge in [0.25, 0.3) is 0 Å². The van der Waals surface area contributed by atoms with Crippen molar-refractivity contribution in [1.29, 1.82) is 0 Å². The molecule has 1 aliphatic rings. The zero-order chi connectivity index (χ0) is 49.4. The summed E-state index contributed by atoms with van der Waals surface area (Å²) in [5, 5.41) is 54.7. The van der Waals surface area contributed by atoms with Crippen LogP contribution in [-0.2, 0) is 14.3 Å². The summed E-state index contributed by atoms with van der Waals surface area (Å²) < 4.78 is 11.3. The Kier molecular flexibility index (Phi) is 47.7. The number of aliphatic hydroxyl groups excluding tert-OH is 5. The summed E-state index contributed by atoms with van der Waals surface area (Å²) in [6.45, 7) is 3.89. The van der Waals surface area contributed by atoms with E-state index in [-0.39, 0.29) is 12.5 Å². The van der Waals surface area contributed by atoms with Crippen LogP contribution in [0.25, 0.3) is 0 Å². The smallest absolute Gasteiger partial charge is 0.220 e. The Hall–Kier alpha value is -0.810. The highest BCUT2D eigenvalue weighted by Gasteiger charge is 2.44. The molecule has 6 N–H and O–H groups in total. The van der Waals surface area contributed by atoms with Gasteiger partial charge in [0.1, 0.15) is 24.4 Å². The van der Waals surface area contributed by atoms with Gasteiger partial charge in [-0.3, -0.25) is 4.79 Å². The maximum Gasteiger partial charge on any atom is 0.220 e. The van der Waals surface area contributed by atoms with E-state index in [1.807, 2.05) is 0 Å². The minimum absolute atomic E-state index is 0.131. The van der Waals surface area contributed by atoms with E-state index in [2.05, 4.69) is 19.2 Å². The van der Waals surface area contributed by atoms with Gasteiger partial charge in [0, 0.05) is 6.42 Å². The lowest BCUT2D eigenvalue weighted by Gasteiger charge is -2.40. The van der Waals surface area contributed by atoms with Gasteiger partial charge in [-0.1, -0.05) is 296 Å². The largest absolute Gasteiger partial charge is 0.394 e. The summed E-state index contributed by atoms with van der Waals surface area (Å²) in [6, 6.07) is -0.714. The summed E-state index contributed by atoms with van der Waals surface area (Å²) in [5.41, 5.74) is 0. The maximum absolute atomic E-state index is 13.1.